The fraction of sp³-hybridized carbons (Fsp3) is 0.533. The summed E-state index contributed by atoms with van der Waals surface area (Å²) >= 11 is 6.69. The second-order valence-electron chi connectivity index (χ2n) is 11.0. The number of halogens is 1. The Labute approximate surface area is 207 Å². The molecule has 0 radical (unpaired) electrons. The number of fused-ring (bicyclic) bond motifs is 5. The van der Waals surface area contributed by atoms with Gasteiger partial charge in [0.2, 0.25) is 0 Å². The highest BCUT2D eigenvalue weighted by atomic mass is 35.5. The molecule has 0 saturated heterocycles. The minimum Gasteiger partial charge on any atom is -0.372 e. The molecule has 0 spiro atoms. The Balaban J connectivity index is 1.65. The van der Waals surface area contributed by atoms with E-state index in [1.165, 1.54) is 11.1 Å². The van der Waals surface area contributed by atoms with E-state index in [4.69, 9.17) is 11.6 Å². The van der Waals surface area contributed by atoms with Crippen LogP contribution in [0.4, 0.5) is 0 Å². The van der Waals surface area contributed by atoms with E-state index in [-0.39, 0.29) is 23.4 Å². The van der Waals surface area contributed by atoms with Gasteiger partial charge in [0.15, 0.2) is 17.2 Å². The Kier molecular flexibility index (Phi) is 5.90. The topological polar surface area (TPSA) is 54.4 Å². The Morgan fingerprint density at radius 3 is 2.56 bits per heavy atom. The first-order valence-corrected chi connectivity index (χ1v) is 12.9. The maximum atomic E-state index is 12.2. The monoisotopic (exact) mass is 476 g/mol. The molecule has 1 aromatic rings. The molecule has 2 saturated carbocycles. The van der Waals surface area contributed by atoms with Crippen LogP contribution in [0.15, 0.2) is 47.0 Å². The Hall–Kier alpha value is -2.15. The third-order valence-electron chi connectivity index (χ3n) is 9.47. The molecule has 7 atom stereocenters. The molecule has 4 heteroatoms. The van der Waals surface area contributed by atoms with Gasteiger partial charge in [-0.3, -0.25) is 9.59 Å². The smallest absolute Gasteiger partial charge is 0.166 e. The number of carbonyl (C=O) groups excluding carboxylic acids is 2. The molecule has 4 aliphatic carbocycles. The minimum absolute atomic E-state index is 0.0607. The molecule has 3 nitrogen and oxygen atoms in total. The van der Waals surface area contributed by atoms with Gasteiger partial charge < -0.3 is 5.11 Å². The SMILES string of the molecule is CC#C[C@]1(O)C(Cl)=CC[C@H]2[C@@H]3CCC4=CC(=O)CC[C@@H]4[C@H]3[C@@H](c3ccc(C(C)=O)cc3)C[C@@]21C. The average molecular weight is 477 g/mol. The zero-order chi connectivity index (χ0) is 24.3. The molecular weight excluding hydrogens is 444 g/mol. The molecule has 0 heterocycles. The summed E-state index contributed by atoms with van der Waals surface area (Å²) in [6.07, 6.45) is 9.03. The summed E-state index contributed by atoms with van der Waals surface area (Å²) in [6.45, 7) is 5.53. The van der Waals surface area contributed by atoms with Crippen LogP contribution in [0.1, 0.15) is 81.1 Å². The molecule has 0 bridgehead atoms. The number of hydrogen-bond donors (Lipinski definition) is 1. The van der Waals surface area contributed by atoms with Crippen molar-refractivity contribution in [2.75, 3.05) is 0 Å². The highest BCUT2D eigenvalue weighted by Crippen LogP contribution is 2.67. The molecule has 34 heavy (non-hydrogen) atoms. The van der Waals surface area contributed by atoms with Crippen LogP contribution in [0.25, 0.3) is 0 Å². The van der Waals surface area contributed by atoms with E-state index in [0.29, 0.717) is 34.8 Å². The molecule has 0 aromatic heterocycles. The quantitative estimate of drug-likeness (QED) is 0.407. The number of hydrogen-bond acceptors (Lipinski definition) is 3. The molecule has 0 aliphatic heterocycles. The van der Waals surface area contributed by atoms with Crippen molar-refractivity contribution in [2.24, 2.45) is 29.1 Å². The molecular formula is C30H33ClO3. The van der Waals surface area contributed by atoms with Crippen LogP contribution >= 0.6 is 11.6 Å². The maximum Gasteiger partial charge on any atom is 0.166 e. The van der Waals surface area contributed by atoms with E-state index < -0.39 is 11.0 Å². The Morgan fingerprint density at radius 1 is 1.15 bits per heavy atom. The third-order valence-corrected chi connectivity index (χ3v) is 9.90. The molecule has 1 aromatic carbocycles. The normalized spacial score (nSPS) is 38.9. The summed E-state index contributed by atoms with van der Waals surface area (Å²) in [5.41, 5.74) is 1.38. The van der Waals surface area contributed by atoms with Gasteiger partial charge in [0.05, 0.1) is 5.03 Å². The van der Waals surface area contributed by atoms with Crippen molar-refractivity contribution in [2.45, 2.75) is 70.8 Å². The summed E-state index contributed by atoms with van der Waals surface area (Å²) in [5.74, 6) is 8.06. The van der Waals surface area contributed by atoms with E-state index in [9.17, 15) is 14.7 Å². The van der Waals surface area contributed by atoms with Crippen LogP contribution in [-0.4, -0.2) is 22.3 Å². The van der Waals surface area contributed by atoms with Crippen LogP contribution in [0.3, 0.4) is 0 Å². The third kappa shape index (κ3) is 3.45. The number of rotatable bonds is 2. The number of Topliss-reactive ketones (excluding diaryl/α,β-unsaturated/α-hetero) is 1. The van der Waals surface area contributed by atoms with Crippen molar-refractivity contribution in [3.05, 3.63) is 58.1 Å². The van der Waals surface area contributed by atoms with Crippen molar-refractivity contribution < 1.29 is 14.7 Å². The molecule has 178 valence electrons. The second-order valence-corrected chi connectivity index (χ2v) is 11.4. The van der Waals surface area contributed by atoms with Crippen LogP contribution in [0.2, 0.25) is 0 Å². The van der Waals surface area contributed by atoms with Gasteiger partial charge in [-0.05, 0) is 87.2 Å². The Bertz CT molecular complexity index is 1150. The lowest BCUT2D eigenvalue weighted by Gasteiger charge is -2.62. The zero-order valence-corrected chi connectivity index (χ0v) is 21.0. The first kappa shape index (κ1) is 23.6. The summed E-state index contributed by atoms with van der Waals surface area (Å²) in [7, 11) is 0. The zero-order valence-electron chi connectivity index (χ0n) is 20.2. The van der Waals surface area contributed by atoms with E-state index in [1.807, 2.05) is 24.3 Å². The van der Waals surface area contributed by atoms with Gasteiger partial charge in [-0.15, -0.1) is 5.92 Å². The van der Waals surface area contributed by atoms with Crippen LogP contribution in [0, 0.1) is 40.9 Å². The first-order valence-electron chi connectivity index (χ1n) is 12.6. The molecule has 2 fully saturated rings. The van der Waals surface area contributed by atoms with E-state index in [1.54, 1.807) is 13.8 Å². The first-order chi connectivity index (χ1) is 16.2. The predicted octanol–water partition coefficient (Wildman–Crippen LogP) is 6.21. The largest absolute Gasteiger partial charge is 0.372 e. The lowest BCUT2D eigenvalue weighted by Crippen LogP contribution is -2.60. The summed E-state index contributed by atoms with van der Waals surface area (Å²) < 4.78 is 0. The van der Waals surface area contributed by atoms with E-state index in [2.05, 4.69) is 30.9 Å². The molecule has 5 rings (SSSR count). The van der Waals surface area contributed by atoms with Crippen molar-refractivity contribution in [1.29, 1.82) is 0 Å². The predicted molar refractivity (Wildman–Crippen MR) is 134 cm³/mol. The van der Waals surface area contributed by atoms with Crippen molar-refractivity contribution >= 4 is 23.2 Å². The fourth-order valence-electron chi connectivity index (χ4n) is 7.85. The van der Waals surface area contributed by atoms with Gasteiger partial charge in [-0.2, -0.15) is 0 Å². The van der Waals surface area contributed by atoms with Crippen molar-refractivity contribution in [1.82, 2.24) is 0 Å². The summed E-state index contributed by atoms with van der Waals surface area (Å²) in [4.78, 5) is 24.1. The van der Waals surface area contributed by atoms with Gasteiger partial charge in [0.25, 0.3) is 0 Å². The van der Waals surface area contributed by atoms with Crippen molar-refractivity contribution in [3.63, 3.8) is 0 Å². The molecule has 1 N–H and O–H groups in total. The summed E-state index contributed by atoms with van der Waals surface area (Å²) in [5, 5.41) is 12.4. The highest BCUT2D eigenvalue weighted by molar-refractivity contribution is 6.31. The number of ketones is 2. The van der Waals surface area contributed by atoms with Gasteiger partial charge in [0, 0.05) is 17.4 Å². The second kappa shape index (κ2) is 8.51. The van der Waals surface area contributed by atoms with Gasteiger partial charge in [-0.1, -0.05) is 60.4 Å². The molecule has 4 aliphatic rings. The molecule has 0 unspecified atom stereocenters. The number of benzene rings is 1. The standard InChI is InChI=1S/C30H33ClO3/c1-4-15-30(34)27(31)14-13-26-24-11-9-21-16-22(33)10-12-23(21)28(24)25(17-29(26,30)3)20-7-5-19(6-8-20)18(2)32/h5-8,14,16,23-26,28,34H,9-13,17H2,1-3H3/t23-,24-,25+,26-,28+,29-,30-/m0/s1. The Morgan fingerprint density at radius 2 is 1.88 bits per heavy atom. The number of aliphatic hydroxyl groups is 1. The van der Waals surface area contributed by atoms with Gasteiger partial charge in [-0.25, -0.2) is 0 Å². The highest BCUT2D eigenvalue weighted by Gasteiger charge is 2.63. The van der Waals surface area contributed by atoms with Crippen LogP contribution < -0.4 is 0 Å². The van der Waals surface area contributed by atoms with E-state index >= 15 is 0 Å². The van der Waals surface area contributed by atoms with Crippen molar-refractivity contribution in [3.8, 4) is 11.8 Å². The minimum atomic E-state index is -1.37. The lowest BCUT2D eigenvalue weighted by molar-refractivity contribution is -0.125. The lowest BCUT2D eigenvalue weighted by atomic mass is 9.43. The van der Waals surface area contributed by atoms with Gasteiger partial charge in [0.1, 0.15) is 0 Å². The summed E-state index contributed by atoms with van der Waals surface area (Å²) in [6, 6.07) is 8.05. The number of carbonyl (C=O) groups is 2. The fourth-order valence-corrected chi connectivity index (χ4v) is 8.20. The number of allylic oxidation sites excluding steroid dienone is 3. The van der Waals surface area contributed by atoms with Crippen LogP contribution in [0.5, 0.6) is 0 Å². The maximum absolute atomic E-state index is 12.2. The average Bonchev–Trinajstić information content (AvgIpc) is 2.81. The van der Waals surface area contributed by atoms with Crippen LogP contribution in [-0.2, 0) is 4.79 Å². The van der Waals surface area contributed by atoms with Gasteiger partial charge >= 0.3 is 0 Å². The van der Waals surface area contributed by atoms with E-state index in [0.717, 1.165) is 32.1 Å². The molecule has 0 amide bonds.